The summed E-state index contributed by atoms with van der Waals surface area (Å²) in [7, 11) is 0. The van der Waals surface area contributed by atoms with Crippen molar-refractivity contribution < 1.29 is 9.47 Å². The van der Waals surface area contributed by atoms with Gasteiger partial charge in [-0.1, -0.05) is 0 Å². The molecule has 2 aromatic rings. The van der Waals surface area contributed by atoms with Crippen molar-refractivity contribution in [1.82, 2.24) is 19.5 Å². The molecule has 2 aliphatic heterocycles. The molecule has 0 radical (unpaired) electrons. The maximum absolute atomic E-state index is 5.23. The van der Waals surface area contributed by atoms with Gasteiger partial charge in [0.2, 0.25) is 0 Å². The summed E-state index contributed by atoms with van der Waals surface area (Å²) in [5, 5.41) is 0.936. The summed E-state index contributed by atoms with van der Waals surface area (Å²) in [4.78, 5) is 13.0. The number of rotatable bonds is 5. The van der Waals surface area contributed by atoms with E-state index in [2.05, 4.69) is 15.0 Å². The van der Waals surface area contributed by atoms with Crippen molar-refractivity contribution in [2.24, 2.45) is 0 Å². The third kappa shape index (κ3) is 2.09. The van der Waals surface area contributed by atoms with Crippen LogP contribution in [0.2, 0.25) is 0 Å². The van der Waals surface area contributed by atoms with Gasteiger partial charge in [0.25, 0.3) is 0 Å². The van der Waals surface area contributed by atoms with E-state index in [-0.39, 0.29) is 0 Å². The zero-order valence-corrected chi connectivity index (χ0v) is 10.5. The van der Waals surface area contributed by atoms with Crippen LogP contribution in [-0.4, -0.2) is 50.7 Å². The van der Waals surface area contributed by atoms with Crippen molar-refractivity contribution >= 4 is 22.9 Å². The third-order valence-corrected chi connectivity index (χ3v) is 4.09. The van der Waals surface area contributed by atoms with Crippen molar-refractivity contribution in [2.45, 2.75) is 23.8 Å². The molecule has 2 aliphatic rings. The summed E-state index contributed by atoms with van der Waals surface area (Å²) in [6.07, 6.45) is 4.14. The van der Waals surface area contributed by atoms with E-state index >= 15 is 0 Å². The first-order valence-electron chi connectivity index (χ1n) is 5.92. The Bertz CT molecular complexity index is 579. The summed E-state index contributed by atoms with van der Waals surface area (Å²) in [5.74, 6) is 0.935. The van der Waals surface area contributed by atoms with Crippen LogP contribution in [0.25, 0.3) is 11.2 Å². The van der Waals surface area contributed by atoms with Crippen molar-refractivity contribution in [1.29, 1.82) is 0 Å². The predicted molar refractivity (Wildman–Crippen MR) is 65.5 cm³/mol. The summed E-state index contributed by atoms with van der Waals surface area (Å²) < 4.78 is 12.5. The number of thioether (sulfide) groups is 1. The van der Waals surface area contributed by atoms with Crippen LogP contribution in [0.5, 0.6) is 0 Å². The topological polar surface area (TPSA) is 68.7 Å². The van der Waals surface area contributed by atoms with Gasteiger partial charge in [-0.15, -0.1) is 11.8 Å². The van der Waals surface area contributed by atoms with Crippen molar-refractivity contribution in [2.75, 3.05) is 19.0 Å². The number of hydrogen-bond acceptors (Lipinski definition) is 6. The molecule has 0 bridgehead atoms. The maximum atomic E-state index is 5.23. The molecule has 18 heavy (non-hydrogen) atoms. The quantitative estimate of drug-likeness (QED) is 0.450. The lowest BCUT2D eigenvalue weighted by Gasteiger charge is -2.01. The highest BCUT2D eigenvalue weighted by Crippen LogP contribution is 2.27. The number of ether oxygens (including phenoxy) is 2. The Morgan fingerprint density at radius 1 is 1.22 bits per heavy atom. The second-order valence-corrected chi connectivity index (χ2v) is 5.48. The highest BCUT2D eigenvalue weighted by molar-refractivity contribution is 7.99. The van der Waals surface area contributed by atoms with Crippen molar-refractivity contribution in [3.05, 3.63) is 12.7 Å². The van der Waals surface area contributed by atoms with Gasteiger partial charge in [-0.3, -0.25) is 0 Å². The Labute approximate surface area is 108 Å². The fraction of sp³-hybridized carbons (Fsp3) is 0.545. The van der Waals surface area contributed by atoms with E-state index in [0.717, 1.165) is 41.7 Å². The van der Waals surface area contributed by atoms with Crippen LogP contribution in [0, 0.1) is 0 Å². The van der Waals surface area contributed by atoms with Crippen LogP contribution < -0.4 is 0 Å². The van der Waals surface area contributed by atoms with Gasteiger partial charge in [0.15, 0.2) is 5.65 Å². The van der Waals surface area contributed by atoms with Gasteiger partial charge < -0.3 is 14.0 Å². The molecule has 2 aromatic heterocycles. The number of fused-ring (bicyclic) bond motifs is 1. The van der Waals surface area contributed by atoms with E-state index in [1.165, 1.54) is 0 Å². The second kappa shape index (κ2) is 4.18. The van der Waals surface area contributed by atoms with E-state index in [4.69, 9.17) is 9.47 Å². The fourth-order valence-corrected chi connectivity index (χ4v) is 2.77. The molecule has 0 aliphatic carbocycles. The third-order valence-electron chi connectivity index (χ3n) is 2.98. The van der Waals surface area contributed by atoms with Crippen LogP contribution in [0.15, 0.2) is 17.7 Å². The highest BCUT2D eigenvalue weighted by atomic mass is 32.2. The van der Waals surface area contributed by atoms with Gasteiger partial charge in [-0.05, 0) is 0 Å². The fourth-order valence-electron chi connectivity index (χ4n) is 1.83. The van der Waals surface area contributed by atoms with Gasteiger partial charge in [0.05, 0.1) is 38.3 Å². The van der Waals surface area contributed by atoms with E-state index < -0.39 is 0 Å². The molecule has 2 fully saturated rings. The SMILES string of the molecule is c1nc(SC[C@H]2CO2)c2ncn(C[C@@H]3CO3)c2n1. The Hall–Kier alpha value is -1.18. The Morgan fingerprint density at radius 2 is 2.06 bits per heavy atom. The minimum absolute atomic E-state index is 0.327. The molecule has 0 unspecified atom stereocenters. The Morgan fingerprint density at radius 3 is 2.83 bits per heavy atom. The zero-order chi connectivity index (χ0) is 11.9. The number of imidazole rings is 1. The van der Waals surface area contributed by atoms with E-state index in [9.17, 15) is 0 Å². The lowest BCUT2D eigenvalue weighted by Crippen LogP contribution is -2.03. The molecule has 2 atom stereocenters. The summed E-state index contributed by atoms with van der Waals surface area (Å²) >= 11 is 1.69. The number of epoxide rings is 2. The minimum Gasteiger partial charge on any atom is -0.372 e. The molecule has 7 heteroatoms. The van der Waals surface area contributed by atoms with Crippen LogP contribution >= 0.6 is 11.8 Å². The molecular formula is C11H12N4O2S. The summed E-state index contributed by atoms with van der Waals surface area (Å²) in [6.45, 7) is 2.53. The van der Waals surface area contributed by atoms with Crippen LogP contribution in [0.1, 0.15) is 0 Å². The Kier molecular flexibility index (Phi) is 2.49. The molecule has 94 valence electrons. The van der Waals surface area contributed by atoms with Crippen LogP contribution in [-0.2, 0) is 16.0 Å². The van der Waals surface area contributed by atoms with Gasteiger partial charge in [0.1, 0.15) is 16.9 Å². The first-order chi connectivity index (χ1) is 8.90. The van der Waals surface area contributed by atoms with E-state index in [1.54, 1.807) is 18.1 Å². The van der Waals surface area contributed by atoms with E-state index in [0.29, 0.717) is 12.2 Å². The largest absolute Gasteiger partial charge is 0.372 e. The minimum atomic E-state index is 0.327. The molecule has 4 heterocycles. The molecule has 0 amide bonds. The molecule has 2 saturated heterocycles. The van der Waals surface area contributed by atoms with Gasteiger partial charge in [0, 0.05) is 5.75 Å². The number of aromatic nitrogens is 4. The van der Waals surface area contributed by atoms with Crippen LogP contribution in [0.3, 0.4) is 0 Å². The Balaban J connectivity index is 1.62. The molecule has 0 aromatic carbocycles. The van der Waals surface area contributed by atoms with Gasteiger partial charge >= 0.3 is 0 Å². The highest BCUT2D eigenvalue weighted by Gasteiger charge is 2.25. The molecular weight excluding hydrogens is 252 g/mol. The molecule has 0 spiro atoms. The molecule has 4 rings (SSSR count). The van der Waals surface area contributed by atoms with E-state index in [1.807, 2.05) is 10.9 Å². The average molecular weight is 264 g/mol. The first kappa shape index (κ1) is 10.7. The van der Waals surface area contributed by atoms with Crippen LogP contribution in [0.4, 0.5) is 0 Å². The first-order valence-corrected chi connectivity index (χ1v) is 6.90. The maximum Gasteiger partial charge on any atom is 0.164 e. The zero-order valence-electron chi connectivity index (χ0n) is 9.65. The predicted octanol–water partition coefficient (Wildman–Crippen LogP) is 0.716. The molecule has 0 N–H and O–H groups in total. The van der Waals surface area contributed by atoms with Crippen molar-refractivity contribution in [3.63, 3.8) is 0 Å². The summed E-state index contributed by atoms with van der Waals surface area (Å²) in [6, 6.07) is 0. The molecule has 0 saturated carbocycles. The monoisotopic (exact) mass is 264 g/mol. The smallest absolute Gasteiger partial charge is 0.164 e. The standard InChI is InChI=1S/C11H12N4O2S/c1(7-2-16-7)15-6-14-9-10(15)12-5-13-11(9)18-4-8-3-17-8/h5-8H,1-4H2/t7-,8-/m1/s1. The number of hydrogen-bond donors (Lipinski definition) is 0. The molecule has 6 nitrogen and oxygen atoms in total. The normalized spacial score (nSPS) is 25.6. The number of nitrogens with zero attached hydrogens (tertiary/aromatic N) is 4. The summed E-state index contributed by atoms with van der Waals surface area (Å²) in [5.41, 5.74) is 1.77. The van der Waals surface area contributed by atoms with Crippen molar-refractivity contribution in [3.8, 4) is 0 Å². The lowest BCUT2D eigenvalue weighted by atomic mass is 10.4. The van der Waals surface area contributed by atoms with Gasteiger partial charge in [-0.25, -0.2) is 15.0 Å². The lowest BCUT2D eigenvalue weighted by molar-refractivity contribution is 0.384. The second-order valence-electron chi connectivity index (χ2n) is 4.47. The average Bonchev–Trinajstić information content (AvgIpc) is 3.28. The van der Waals surface area contributed by atoms with Gasteiger partial charge in [-0.2, -0.15) is 0 Å².